The van der Waals surface area contributed by atoms with Gasteiger partial charge in [0, 0.05) is 13.2 Å². The van der Waals surface area contributed by atoms with Crippen LogP contribution in [0.4, 0.5) is 5.69 Å². The summed E-state index contributed by atoms with van der Waals surface area (Å²) in [7, 11) is 1.70. The molecule has 0 radical (unpaired) electrons. The van der Waals surface area contributed by atoms with Gasteiger partial charge in [-0.15, -0.1) is 0 Å². The molecule has 1 aliphatic carbocycles. The van der Waals surface area contributed by atoms with Crippen LogP contribution in [0.5, 0.6) is 5.75 Å². The SMILES string of the molecule is CCC1CCCC1Nc1ccc(C)cc1OCCOC. The quantitative estimate of drug-likeness (QED) is 0.764. The number of hydrogen-bond donors (Lipinski definition) is 1. The summed E-state index contributed by atoms with van der Waals surface area (Å²) >= 11 is 0. The Morgan fingerprint density at radius 3 is 2.85 bits per heavy atom. The number of benzene rings is 1. The Morgan fingerprint density at radius 1 is 1.25 bits per heavy atom. The van der Waals surface area contributed by atoms with E-state index in [-0.39, 0.29) is 0 Å². The van der Waals surface area contributed by atoms with Crippen LogP contribution >= 0.6 is 0 Å². The van der Waals surface area contributed by atoms with Crippen molar-refractivity contribution in [2.24, 2.45) is 5.92 Å². The summed E-state index contributed by atoms with van der Waals surface area (Å²) in [6.07, 6.45) is 5.20. The minimum absolute atomic E-state index is 0.590. The van der Waals surface area contributed by atoms with E-state index < -0.39 is 0 Å². The molecule has 0 amide bonds. The van der Waals surface area contributed by atoms with Gasteiger partial charge in [-0.25, -0.2) is 0 Å². The third kappa shape index (κ3) is 3.89. The molecule has 1 aromatic rings. The molecule has 3 nitrogen and oxygen atoms in total. The Labute approximate surface area is 122 Å². The summed E-state index contributed by atoms with van der Waals surface area (Å²) in [6, 6.07) is 6.98. The zero-order valence-corrected chi connectivity index (χ0v) is 12.9. The summed E-state index contributed by atoms with van der Waals surface area (Å²) < 4.78 is 10.9. The average molecular weight is 277 g/mol. The zero-order valence-electron chi connectivity index (χ0n) is 12.9. The molecule has 1 aliphatic rings. The predicted molar refractivity (Wildman–Crippen MR) is 83.6 cm³/mol. The van der Waals surface area contributed by atoms with Crippen molar-refractivity contribution in [3.63, 3.8) is 0 Å². The lowest BCUT2D eigenvalue weighted by molar-refractivity contribution is 0.146. The topological polar surface area (TPSA) is 30.5 Å². The molecule has 0 aliphatic heterocycles. The molecule has 20 heavy (non-hydrogen) atoms. The number of aryl methyl sites for hydroxylation is 1. The first-order valence-electron chi connectivity index (χ1n) is 7.73. The van der Waals surface area contributed by atoms with Gasteiger partial charge in [-0.1, -0.05) is 25.8 Å². The third-order valence-electron chi connectivity index (χ3n) is 4.21. The van der Waals surface area contributed by atoms with E-state index in [0.29, 0.717) is 19.3 Å². The van der Waals surface area contributed by atoms with E-state index in [2.05, 4.69) is 37.4 Å². The summed E-state index contributed by atoms with van der Waals surface area (Å²) in [6.45, 7) is 5.60. The maximum absolute atomic E-state index is 5.85. The summed E-state index contributed by atoms with van der Waals surface area (Å²) in [5.41, 5.74) is 2.35. The van der Waals surface area contributed by atoms with E-state index >= 15 is 0 Å². The highest BCUT2D eigenvalue weighted by Gasteiger charge is 2.26. The fraction of sp³-hybridized carbons (Fsp3) is 0.647. The number of hydrogen-bond acceptors (Lipinski definition) is 3. The maximum Gasteiger partial charge on any atom is 0.142 e. The lowest BCUT2D eigenvalue weighted by Crippen LogP contribution is -2.23. The van der Waals surface area contributed by atoms with E-state index in [1.807, 2.05) is 0 Å². The van der Waals surface area contributed by atoms with Crippen molar-refractivity contribution in [2.45, 2.75) is 45.6 Å². The molecule has 2 rings (SSSR count). The summed E-state index contributed by atoms with van der Waals surface area (Å²) in [5, 5.41) is 3.70. The monoisotopic (exact) mass is 277 g/mol. The number of anilines is 1. The van der Waals surface area contributed by atoms with Crippen molar-refractivity contribution in [1.82, 2.24) is 0 Å². The van der Waals surface area contributed by atoms with Crippen molar-refractivity contribution in [3.8, 4) is 5.75 Å². The summed E-state index contributed by atoms with van der Waals surface area (Å²) in [4.78, 5) is 0. The molecule has 1 fully saturated rings. The van der Waals surface area contributed by atoms with Gasteiger partial charge in [0.1, 0.15) is 12.4 Å². The molecule has 3 heteroatoms. The Hall–Kier alpha value is -1.22. The van der Waals surface area contributed by atoms with Gasteiger partial charge in [0.2, 0.25) is 0 Å². The normalized spacial score (nSPS) is 21.9. The van der Waals surface area contributed by atoms with Crippen LogP contribution in [0.15, 0.2) is 18.2 Å². The van der Waals surface area contributed by atoms with Crippen LogP contribution in [0.1, 0.15) is 38.2 Å². The Bertz CT molecular complexity index is 419. The molecule has 0 bridgehead atoms. The second kappa shape index (κ2) is 7.53. The molecular weight excluding hydrogens is 250 g/mol. The molecule has 2 unspecified atom stereocenters. The molecule has 1 saturated carbocycles. The lowest BCUT2D eigenvalue weighted by Gasteiger charge is -2.23. The van der Waals surface area contributed by atoms with Crippen molar-refractivity contribution in [1.29, 1.82) is 0 Å². The first-order valence-corrected chi connectivity index (χ1v) is 7.73. The first-order chi connectivity index (χ1) is 9.74. The average Bonchev–Trinajstić information content (AvgIpc) is 2.89. The summed E-state index contributed by atoms with van der Waals surface area (Å²) in [5.74, 6) is 1.74. The number of ether oxygens (including phenoxy) is 2. The van der Waals surface area contributed by atoms with Gasteiger partial charge >= 0.3 is 0 Å². The molecule has 0 spiro atoms. The van der Waals surface area contributed by atoms with Gasteiger partial charge in [-0.2, -0.15) is 0 Å². The van der Waals surface area contributed by atoms with Gasteiger partial charge in [0.15, 0.2) is 0 Å². The van der Waals surface area contributed by atoms with Gasteiger partial charge < -0.3 is 14.8 Å². The van der Waals surface area contributed by atoms with Gasteiger partial charge in [-0.05, 0) is 43.4 Å². The number of methoxy groups -OCH3 is 1. The molecule has 1 N–H and O–H groups in total. The van der Waals surface area contributed by atoms with Crippen molar-refractivity contribution < 1.29 is 9.47 Å². The molecule has 112 valence electrons. The third-order valence-corrected chi connectivity index (χ3v) is 4.21. The molecule has 0 aromatic heterocycles. The maximum atomic E-state index is 5.85. The van der Waals surface area contributed by atoms with Gasteiger partial charge in [0.05, 0.1) is 12.3 Å². The first kappa shape index (κ1) is 15.2. The minimum Gasteiger partial charge on any atom is -0.489 e. The standard InChI is InChI=1S/C17H27NO2/c1-4-14-6-5-7-15(14)18-16-9-8-13(2)12-17(16)20-11-10-19-3/h8-9,12,14-15,18H,4-7,10-11H2,1-3H3. The molecule has 0 heterocycles. The minimum atomic E-state index is 0.590. The Morgan fingerprint density at radius 2 is 2.10 bits per heavy atom. The highest BCUT2D eigenvalue weighted by atomic mass is 16.5. The van der Waals surface area contributed by atoms with Crippen LogP contribution in [0, 0.1) is 12.8 Å². The molecule has 2 atom stereocenters. The van der Waals surface area contributed by atoms with Crippen LogP contribution in [-0.4, -0.2) is 26.4 Å². The largest absolute Gasteiger partial charge is 0.489 e. The van der Waals surface area contributed by atoms with Gasteiger partial charge in [0.25, 0.3) is 0 Å². The van der Waals surface area contributed by atoms with E-state index in [4.69, 9.17) is 9.47 Å². The van der Waals surface area contributed by atoms with Crippen LogP contribution in [0.3, 0.4) is 0 Å². The van der Waals surface area contributed by atoms with Crippen molar-refractivity contribution in [3.05, 3.63) is 23.8 Å². The van der Waals surface area contributed by atoms with Crippen LogP contribution in [-0.2, 0) is 4.74 Å². The number of nitrogens with one attached hydrogen (secondary N) is 1. The smallest absolute Gasteiger partial charge is 0.142 e. The number of rotatable bonds is 7. The predicted octanol–water partition coefficient (Wildman–Crippen LogP) is 4.01. The zero-order chi connectivity index (χ0) is 14.4. The second-order valence-corrected chi connectivity index (χ2v) is 5.69. The fourth-order valence-electron chi connectivity index (χ4n) is 3.02. The van der Waals surface area contributed by atoms with Crippen molar-refractivity contribution in [2.75, 3.05) is 25.6 Å². The lowest BCUT2D eigenvalue weighted by atomic mass is 10.0. The molecule has 1 aromatic carbocycles. The van der Waals surface area contributed by atoms with Crippen LogP contribution in [0.2, 0.25) is 0 Å². The van der Waals surface area contributed by atoms with E-state index in [1.165, 1.54) is 31.2 Å². The van der Waals surface area contributed by atoms with Gasteiger partial charge in [-0.3, -0.25) is 0 Å². The van der Waals surface area contributed by atoms with Crippen molar-refractivity contribution >= 4 is 5.69 Å². The van der Waals surface area contributed by atoms with Crippen LogP contribution in [0.25, 0.3) is 0 Å². The highest BCUT2D eigenvalue weighted by Crippen LogP contribution is 2.34. The van der Waals surface area contributed by atoms with Crippen LogP contribution < -0.4 is 10.1 Å². The van der Waals surface area contributed by atoms with E-state index in [1.54, 1.807) is 7.11 Å². The van der Waals surface area contributed by atoms with E-state index in [0.717, 1.165) is 17.4 Å². The van der Waals surface area contributed by atoms with E-state index in [9.17, 15) is 0 Å². The highest BCUT2D eigenvalue weighted by molar-refractivity contribution is 5.58. The molecular formula is C17H27NO2. The second-order valence-electron chi connectivity index (χ2n) is 5.69. The Kier molecular flexibility index (Phi) is 5.72. The Balaban J connectivity index is 2.05. The molecule has 0 saturated heterocycles. The fourth-order valence-corrected chi connectivity index (χ4v) is 3.02.